The van der Waals surface area contributed by atoms with Gasteiger partial charge in [0.15, 0.2) is 4.77 Å². The fraction of sp³-hybridized carbons (Fsp3) is 0.533. The van der Waals surface area contributed by atoms with Crippen molar-refractivity contribution in [1.82, 2.24) is 9.55 Å². The van der Waals surface area contributed by atoms with Crippen LogP contribution in [0.4, 0.5) is 4.39 Å². The van der Waals surface area contributed by atoms with E-state index in [1.165, 1.54) is 12.5 Å². The maximum Gasteiger partial charge on any atom is 0.178 e. The Hall–Kier alpha value is -0.680. The molecule has 1 aromatic carbocycles. The van der Waals surface area contributed by atoms with E-state index < -0.39 is 0 Å². The van der Waals surface area contributed by atoms with Crippen LogP contribution in [0.1, 0.15) is 39.2 Å². The molecule has 1 aliphatic carbocycles. The average molecular weight is 357 g/mol. The molecule has 0 aliphatic heterocycles. The molecule has 2 nitrogen and oxygen atoms in total. The van der Waals surface area contributed by atoms with E-state index in [4.69, 9.17) is 12.2 Å². The number of fused-ring (bicyclic) bond motifs is 1. The van der Waals surface area contributed by atoms with Crippen LogP contribution in [0.25, 0.3) is 11.0 Å². The van der Waals surface area contributed by atoms with Gasteiger partial charge in [-0.05, 0) is 65.3 Å². The lowest BCUT2D eigenvalue weighted by atomic mass is 9.79. The minimum atomic E-state index is -0.258. The predicted molar refractivity (Wildman–Crippen MR) is 86.0 cm³/mol. The van der Waals surface area contributed by atoms with Gasteiger partial charge in [-0.1, -0.05) is 13.8 Å². The number of halogens is 2. The van der Waals surface area contributed by atoms with Crippen LogP contribution in [0.5, 0.6) is 0 Å². The summed E-state index contributed by atoms with van der Waals surface area (Å²) in [5, 5.41) is 0. The summed E-state index contributed by atoms with van der Waals surface area (Å²) in [6, 6.07) is 3.76. The summed E-state index contributed by atoms with van der Waals surface area (Å²) < 4.78 is 17.0. The van der Waals surface area contributed by atoms with Crippen molar-refractivity contribution in [2.24, 2.45) is 11.8 Å². The first kappa shape index (κ1) is 14.3. The number of benzene rings is 1. The van der Waals surface area contributed by atoms with Gasteiger partial charge in [0.05, 0.1) is 15.5 Å². The van der Waals surface area contributed by atoms with Gasteiger partial charge in [0.2, 0.25) is 0 Å². The molecule has 5 heteroatoms. The van der Waals surface area contributed by atoms with Gasteiger partial charge in [0, 0.05) is 12.1 Å². The van der Waals surface area contributed by atoms with Crippen LogP contribution in [-0.2, 0) is 0 Å². The molecule has 1 saturated carbocycles. The molecule has 0 saturated heterocycles. The Bertz CT molecular complexity index is 706. The Morgan fingerprint density at radius 1 is 1.30 bits per heavy atom. The molecule has 1 heterocycles. The van der Waals surface area contributed by atoms with Gasteiger partial charge < -0.3 is 9.55 Å². The van der Waals surface area contributed by atoms with Crippen LogP contribution in [0.15, 0.2) is 16.6 Å². The van der Waals surface area contributed by atoms with E-state index in [9.17, 15) is 4.39 Å². The second-order valence-corrected chi connectivity index (χ2v) is 7.25. The van der Waals surface area contributed by atoms with Crippen LogP contribution >= 0.6 is 28.1 Å². The molecule has 1 aliphatic rings. The maximum atomic E-state index is 13.6. The van der Waals surface area contributed by atoms with Crippen molar-refractivity contribution in [2.45, 2.75) is 39.2 Å². The molecule has 1 aromatic heterocycles. The zero-order chi connectivity index (χ0) is 14.4. The number of hydrogen-bond acceptors (Lipinski definition) is 1. The summed E-state index contributed by atoms with van der Waals surface area (Å²) in [7, 11) is 0. The quantitative estimate of drug-likeness (QED) is 0.659. The number of aromatic amines is 1. The zero-order valence-electron chi connectivity index (χ0n) is 11.6. The van der Waals surface area contributed by atoms with Gasteiger partial charge in [-0.3, -0.25) is 0 Å². The average Bonchev–Trinajstić information content (AvgIpc) is 2.69. The number of rotatable bonds is 1. The van der Waals surface area contributed by atoms with Gasteiger partial charge >= 0.3 is 0 Å². The Kier molecular flexibility index (Phi) is 3.75. The Labute approximate surface area is 131 Å². The number of aromatic nitrogens is 2. The SMILES string of the molecule is CC1CCC(n2c(=S)[nH]c3cc(F)c(Br)cc32)CC1C. The van der Waals surface area contributed by atoms with Crippen molar-refractivity contribution in [3.05, 3.63) is 27.2 Å². The molecule has 0 spiro atoms. The largest absolute Gasteiger partial charge is 0.330 e. The lowest BCUT2D eigenvalue weighted by molar-refractivity contribution is 0.212. The summed E-state index contributed by atoms with van der Waals surface area (Å²) in [5.74, 6) is 1.21. The molecule has 108 valence electrons. The highest BCUT2D eigenvalue weighted by Gasteiger charge is 2.27. The number of imidazole rings is 1. The molecule has 0 radical (unpaired) electrons. The second kappa shape index (κ2) is 5.26. The lowest BCUT2D eigenvalue weighted by Gasteiger charge is -2.33. The summed E-state index contributed by atoms with van der Waals surface area (Å²) >= 11 is 8.73. The second-order valence-electron chi connectivity index (χ2n) is 6.01. The van der Waals surface area contributed by atoms with Crippen LogP contribution in [0.2, 0.25) is 0 Å². The molecule has 2 aromatic rings. The standard InChI is InChI=1S/C15H18BrFN2S/c1-8-3-4-10(5-9(8)2)19-14-6-11(16)12(17)7-13(14)18-15(19)20/h6-10H,3-5H2,1-2H3,(H,18,20). The van der Waals surface area contributed by atoms with Crippen LogP contribution in [0.3, 0.4) is 0 Å². The molecular formula is C15H18BrFN2S. The summed E-state index contributed by atoms with van der Waals surface area (Å²) in [6.45, 7) is 4.63. The van der Waals surface area contributed by atoms with Crippen molar-refractivity contribution in [3.8, 4) is 0 Å². The molecule has 3 rings (SSSR count). The molecule has 0 amide bonds. The normalized spacial score (nSPS) is 27.1. The van der Waals surface area contributed by atoms with Crippen LogP contribution in [0, 0.1) is 22.4 Å². The Morgan fingerprint density at radius 3 is 2.75 bits per heavy atom. The molecule has 1 N–H and O–H groups in total. The Morgan fingerprint density at radius 2 is 2.05 bits per heavy atom. The van der Waals surface area contributed by atoms with Gasteiger partial charge in [-0.2, -0.15) is 0 Å². The smallest absolute Gasteiger partial charge is 0.178 e. The monoisotopic (exact) mass is 356 g/mol. The van der Waals surface area contributed by atoms with Gasteiger partial charge in [0.1, 0.15) is 5.82 Å². The highest BCUT2D eigenvalue weighted by molar-refractivity contribution is 9.10. The minimum absolute atomic E-state index is 0.258. The van der Waals surface area contributed by atoms with Crippen LogP contribution in [-0.4, -0.2) is 9.55 Å². The van der Waals surface area contributed by atoms with Crippen molar-refractivity contribution < 1.29 is 4.39 Å². The van der Waals surface area contributed by atoms with Crippen molar-refractivity contribution in [3.63, 3.8) is 0 Å². The van der Waals surface area contributed by atoms with E-state index in [1.807, 2.05) is 6.07 Å². The first-order valence-corrected chi connectivity index (χ1v) is 8.26. The van der Waals surface area contributed by atoms with Crippen LogP contribution < -0.4 is 0 Å². The van der Waals surface area contributed by atoms with E-state index in [-0.39, 0.29) is 5.82 Å². The van der Waals surface area contributed by atoms with Gasteiger partial charge in [0.25, 0.3) is 0 Å². The summed E-state index contributed by atoms with van der Waals surface area (Å²) in [4.78, 5) is 3.14. The third-order valence-electron chi connectivity index (χ3n) is 4.69. The van der Waals surface area contributed by atoms with E-state index in [2.05, 4.69) is 39.3 Å². The molecular weight excluding hydrogens is 339 g/mol. The maximum absolute atomic E-state index is 13.6. The van der Waals surface area contributed by atoms with E-state index in [0.717, 1.165) is 29.8 Å². The lowest BCUT2D eigenvalue weighted by Crippen LogP contribution is -2.23. The molecule has 20 heavy (non-hydrogen) atoms. The first-order chi connectivity index (χ1) is 9.47. The zero-order valence-corrected chi connectivity index (χ0v) is 14.0. The topological polar surface area (TPSA) is 20.7 Å². The van der Waals surface area contributed by atoms with E-state index >= 15 is 0 Å². The first-order valence-electron chi connectivity index (χ1n) is 7.06. The molecule has 1 fully saturated rings. The van der Waals surface area contributed by atoms with Crippen molar-refractivity contribution in [2.75, 3.05) is 0 Å². The molecule has 3 unspecified atom stereocenters. The molecule has 3 atom stereocenters. The summed E-state index contributed by atoms with van der Waals surface area (Å²) in [5.41, 5.74) is 1.78. The number of hydrogen-bond donors (Lipinski definition) is 1. The fourth-order valence-electron chi connectivity index (χ4n) is 3.24. The highest BCUT2D eigenvalue weighted by Crippen LogP contribution is 2.38. The van der Waals surface area contributed by atoms with Gasteiger partial charge in [-0.15, -0.1) is 0 Å². The van der Waals surface area contributed by atoms with Crippen molar-refractivity contribution in [1.29, 1.82) is 0 Å². The van der Waals surface area contributed by atoms with E-state index in [0.29, 0.717) is 21.2 Å². The Balaban J connectivity index is 2.09. The number of nitrogens with one attached hydrogen (secondary N) is 1. The fourth-order valence-corrected chi connectivity index (χ4v) is 3.93. The van der Waals surface area contributed by atoms with Crippen molar-refractivity contribution >= 4 is 39.2 Å². The minimum Gasteiger partial charge on any atom is -0.330 e. The predicted octanol–water partition coefficient (Wildman–Crippen LogP) is 5.60. The third kappa shape index (κ3) is 2.35. The third-order valence-corrected chi connectivity index (χ3v) is 5.60. The number of nitrogens with zero attached hydrogens (tertiary/aromatic N) is 1. The highest BCUT2D eigenvalue weighted by atomic mass is 79.9. The number of H-pyrrole nitrogens is 1. The molecule has 0 bridgehead atoms. The van der Waals surface area contributed by atoms with Gasteiger partial charge in [-0.25, -0.2) is 4.39 Å². The summed E-state index contributed by atoms with van der Waals surface area (Å²) in [6.07, 6.45) is 3.50. The van der Waals surface area contributed by atoms with E-state index in [1.54, 1.807) is 0 Å².